The van der Waals surface area contributed by atoms with E-state index >= 15 is 4.79 Å². The van der Waals surface area contributed by atoms with E-state index in [1.807, 2.05) is 0 Å². The number of aliphatic hydroxyl groups is 2. The van der Waals surface area contributed by atoms with Gasteiger partial charge in [-0.05, 0) is 56.5 Å². The number of fused-ring (bicyclic) bond motifs is 5. The number of ether oxygens (including phenoxy) is 9. The number of cyclic esters (lactones) is 1. The molecule has 20 nitrogen and oxygen atoms in total. The lowest BCUT2D eigenvalue weighted by Crippen LogP contribution is -2.82. The minimum atomic E-state index is -2.71. The Morgan fingerprint density at radius 1 is 0.813 bits per heavy atom. The Morgan fingerprint density at radius 2 is 1.37 bits per heavy atom. The van der Waals surface area contributed by atoms with Crippen molar-refractivity contribution >= 4 is 118 Å². The van der Waals surface area contributed by atoms with Crippen molar-refractivity contribution in [2.45, 2.75) is 128 Å². The van der Waals surface area contributed by atoms with E-state index in [1.165, 1.54) is 90.1 Å². The highest BCUT2D eigenvalue weighted by Crippen LogP contribution is 2.65. The summed E-state index contributed by atoms with van der Waals surface area (Å²) in [4.78, 5) is 114. The summed E-state index contributed by atoms with van der Waals surface area (Å²) in [6.07, 6.45) is -17.3. The van der Waals surface area contributed by atoms with Crippen LogP contribution in [0.2, 0.25) is 0 Å². The first-order chi connectivity index (χ1) is 34.7. The molecule has 4 fully saturated rings. The van der Waals surface area contributed by atoms with Crippen molar-refractivity contribution in [2.75, 3.05) is 19.8 Å². The average Bonchev–Trinajstić information content (AvgIpc) is 3.52. The number of nitrogens with zero attached hydrogens (tertiary/aromatic N) is 1. The van der Waals surface area contributed by atoms with Crippen molar-refractivity contribution in [3.63, 3.8) is 0 Å². The topological polar surface area (TPSA) is 263 Å². The van der Waals surface area contributed by atoms with Crippen LogP contribution in [0.4, 0.5) is 14.4 Å². The predicted octanol–water partition coefficient (Wildman–Crippen LogP) is 7.55. The van der Waals surface area contributed by atoms with Crippen molar-refractivity contribution in [1.29, 1.82) is 0 Å². The number of benzene rings is 2. The number of ketones is 1. The number of alkyl halides is 6. The Hall–Kier alpha value is -4.64. The van der Waals surface area contributed by atoms with Crippen molar-refractivity contribution in [1.82, 2.24) is 4.90 Å². The molecule has 408 valence electrons. The van der Waals surface area contributed by atoms with Gasteiger partial charge in [-0.25, -0.2) is 28.9 Å². The minimum Gasteiger partial charge on any atom is -0.456 e. The maximum atomic E-state index is 16.3. The molecule has 0 spiro atoms. The van der Waals surface area contributed by atoms with Crippen LogP contribution in [0.5, 0.6) is 0 Å². The number of aliphatic hydroxyl groups excluding tert-OH is 1. The fourth-order valence-corrected chi connectivity index (χ4v) is 11.3. The maximum Gasteiger partial charge on any atom is 0.509 e. The molecule has 2 aliphatic heterocycles. The summed E-state index contributed by atoms with van der Waals surface area (Å²) in [5.41, 5.74) is -11.3. The highest BCUT2D eigenvalue weighted by Gasteiger charge is 2.79. The number of carbonyl (C=O) groups excluding carboxylic acids is 8. The molecule has 2 unspecified atom stereocenters. The molecule has 2 saturated heterocycles. The van der Waals surface area contributed by atoms with Gasteiger partial charge in [-0.1, -0.05) is 132 Å². The molecule has 2 aromatic rings. The summed E-state index contributed by atoms with van der Waals surface area (Å²) in [5.74, 6) is -7.52. The lowest BCUT2D eigenvalue weighted by molar-refractivity contribution is -0.346. The molecule has 3 aliphatic carbocycles. The average molecular weight is 1170 g/mol. The molecule has 75 heavy (non-hydrogen) atoms. The van der Waals surface area contributed by atoms with Gasteiger partial charge in [0, 0.05) is 25.2 Å². The van der Waals surface area contributed by atoms with Gasteiger partial charge in [-0.15, -0.1) is 0 Å². The van der Waals surface area contributed by atoms with Crippen LogP contribution in [0.15, 0.2) is 71.8 Å². The van der Waals surface area contributed by atoms with Crippen LogP contribution in [0.3, 0.4) is 0 Å². The number of rotatable bonds is 12. The van der Waals surface area contributed by atoms with Crippen molar-refractivity contribution < 1.29 is 91.2 Å². The molecule has 11 atom stereocenters. The summed E-state index contributed by atoms with van der Waals surface area (Å²) in [5, 5.41) is 26.1. The molecule has 5 aliphatic rings. The summed E-state index contributed by atoms with van der Waals surface area (Å²) in [6, 6.07) is 13.1. The van der Waals surface area contributed by atoms with Gasteiger partial charge in [0.15, 0.2) is 29.2 Å². The van der Waals surface area contributed by atoms with Gasteiger partial charge >= 0.3 is 36.3 Å². The van der Waals surface area contributed by atoms with Crippen LogP contribution in [0, 0.1) is 16.7 Å². The summed E-state index contributed by atoms with van der Waals surface area (Å²) < 4.78 is 47.7. The molecule has 2 bridgehead atoms. The van der Waals surface area contributed by atoms with Gasteiger partial charge in [0.1, 0.15) is 49.3 Å². The molecule has 2 saturated carbocycles. The van der Waals surface area contributed by atoms with E-state index in [9.17, 15) is 43.8 Å². The Labute approximate surface area is 459 Å². The summed E-state index contributed by atoms with van der Waals surface area (Å²) >= 11 is 35.4. The highest BCUT2D eigenvalue weighted by molar-refractivity contribution is 6.68. The number of imide groups is 1. The number of amides is 2. The van der Waals surface area contributed by atoms with Crippen LogP contribution in [0.1, 0.15) is 83.3 Å². The molecule has 7 rings (SSSR count). The first kappa shape index (κ1) is 58.1. The van der Waals surface area contributed by atoms with E-state index in [-0.39, 0.29) is 22.3 Å². The van der Waals surface area contributed by atoms with Gasteiger partial charge in [0.25, 0.3) is 5.91 Å². The van der Waals surface area contributed by atoms with Gasteiger partial charge in [-0.3, -0.25) is 14.4 Å². The van der Waals surface area contributed by atoms with Crippen molar-refractivity contribution in [3.05, 3.63) is 82.9 Å². The van der Waals surface area contributed by atoms with Gasteiger partial charge < -0.3 is 52.8 Å². The van der Waals surface area contributed by atoms with E-state index in [0.717, 1.165) is 6.92 Å². The molecule has 0 radical (unpaired) electrons. The van der Waals surface area contributed by atoms with Crippen LogP contribution in [-0.2, 0) is 61.8 Å². The van der Waals surface area contributed by atoms with E-state index in [0.29, 0.717) is 4.90 Å². The predicted molar refractivity (Wildman–Crippen MR) is 263 cm³/mol. The Balaban J connectivity index is 1.47. The standard InChI is InChI=1S/C49H51Cl6NO19/c1-23-27(70-38(61)32(58)31(25-14-10-8-11-15-25)56-39(62)44(5,6)75-40(56)63)19-47(66)36(73-37(60)26-16-12-9-13-17-26)34-45(7,35(59)33(30(23)43(47,3)4)72-42(65)69-22-49(53,54)55)28(71-41(64)68-21-48(50,51)52)18-29-46(34,20-67-29)74-24(2)57/h8-17,27-29,31-34,36,58,66H,18-22H2,1-7H3/t27-,28-,29+,31?,32+,33+,34-,36-,45+,46-,47?/m0/s1. The smallest absolute Gasteiger partial charge is 0.456 e. The van der Waals surface area contributed by atoms with Gasteiger partial charge in [0.05, 0.1) is 23.5 Å². The normalized spacial score (nSPS) is 30.6. The maximum absolute atomic E-state index is 16.3. The number of halogens is 6. The molecule has 2 amide bonds. The third-order valence-electron chi connectivity index (χ3n) is 14.5. The number of hydrogen-bond donors (Lipinski definition) is 2. The fourth-order valence-electron chi connectivity index (χ4n) is 10.9. The largest absolute Gasteiger partial charge is 0.509 e. The molecule has 26 heteroatoms. The molecule has 0 aromatic heterocycles. The fraction of sp³-hybridized carbons (Fsp3) is 0.551. The highest BCUT2D eigenvalue weighted by atomic mass is 35.6. The van der Waals surface area contributed by atoms with Crippen molar-refractivity contribution in [3.8, 4) is 0 Å². The number of carbonyl (C=O) groups is 8. The lowest BCUT2D eigenvalue weighted by atomic mass is 9.44. The lowest BCUT2D eigenvalue weighted by Gasteiger charge is -2.67. The van der Waals surface area contributed by atoms with Gasteiger partial charge in [-0.2, -0.15) is 0 Å². The van der Waals surface area contributed by atoms with Gasteiger partial charge in [0.2, 0.25) is 7.59 Å². The Bertz CT molecular complexity index is 2660. The zero-order chi connectivity index (χ0) is 55.6. The second-order valence-corrected chi connectivity index (χ2v) is 25.0. The first-order valence-corrected chi connectivity index (χ1v) is 25.3. The van der Waals surface area contributed by atoms with Crippen molar-refractivity contribution in [2.24, 2.45) is 16.7 Å². The monoisotopic (exact) mass is 1170 g/mol. The Kier molecular flexibility index (Phi) is 16.2. The molecule has 2 N–H and O–H groups in total. The van der Waals surface area contributed by atoms with Crippen LogP contribution in [0.25, 0.3) is 0 Å². The van der Waals surface area contributed by atoms with E-state index in [1.54, 1.807) is 12.1 Å². The summed E-state index contributed by atoms with van der Waals surface area (Å²) in [6.45, 7) is 6.74. The molecule has 2 heterocycles. The third-order valence-corrected chi connectivity index (χ3v) is 15.2. The Morgan fingerprint density at radius 3 is 1.88 bits per heavy atom. The van der Waals surface area contributed by atoms with E-state index < -0.39 is 164 Å². The van der Waals surface area contributed by atoms with E-state index in [2.05, 4.69) is 0 Å². The number of esters is 3. The number of Topliss-reactive ketones (excluding diaryl/α,β-unsaturated/α-hetero) is 1. The quantitative estimate of drug-likeness (QED) is 0.0899. The zero-order valence-electron chi connectivity index (χ0n) is 41.0. The minimum absolute atomic E-state index is 0.0762. The van der Waals surface area contributed by atoms with Crippen LogP contribution < -0.4 is 0 Å². The number of hydrogen-bond acceptors (Lipinski definition) is 19. The first-order valence-electron chi connectivity index (χ1n) is 23.1. The van der Waals surface area contributed by atoms with Crippen LogP contribution >= 0.6 is 69.6 Å². The second kappa shape index (κ2) is 21.0. The molecular formula is C49H51Cl6NO19. The van der Waals surface area contributed by atoms with E-state index in [4.69, 9.17) is 112 Å². The molecular weight excluding hydrogens is 1120 g/mol. The summed E-state index contributed by atoms with van der Waals surface area (Å²) in [7, 11) is 0. The zero-order valence-corrected chi connectivity index (χ0v) is 45.5. The second-order valence-electron chi connectivity index (χ2n) is 19.9. The SMILES string of the molecule is CC(=O)O[C@@]12CO[C@@H]1C[C@H](OC(=O)OCC(Cl)(Cl)Cl)[C@@]1(C)C(=O)[C@H](OC(=O)OCC(Cl)(Cl)Cl)C3=C(C)[C@@H](OC(=O)[C@H](O)C(c4ccccc4)N4C(=O)OC(C)(C)C4=O)CC(O)([C@@H](OC(=O)c4ccccc4)[C@H]21)C3(C)C. The molecule has 2 aromatic carbocycles. The van der Waals surface area contributed by atoms with Crippen LogP contribution in [-0.4, -0.2) is 144 Å². The third kappa shape index (κ3) is 11.0.